The minimum absolute atomic E-state index is 0.0836. The number of methoxy groups -OCH3 is 1. The molecular formula is C15H17N3O3. The molecule has 0 bridgehead atoms. The van der Waals surface area contributed by atoms with Gasteiger partial charge in [0, 0.05) is 6.20 Å². The van der Waals surface area contributed by atoms with Crippen LogP contribution in [0.2, 0.25) is 0 Å². The first kappa shape index (κ1) is 14.6. The molecule has 0 aliphatic heterocycles. The number of benzene rings is 1. The van der Waals surface area contributed by atoms with Gasteiger partial charge in [-0.15, -0.1) is 0 Å². The minimum Gasteiger partial charge on any atom is -0.497 e. The SMILES string of the molecule is COc1ccc(COc2cc(C)cnc2/C(N)=N/O)cc1. The number of ether oxygens (including phenoxy) is 2. The van der Waals surface area contributed by atoms with Crippen LogP contribution in [0, 0.1) is 6.92 Å². The van der Waals surface area contributed by atoms with E-state index in [4.69, 9.17) is 20.4 Å². The summed E-state index contributed by atoms with van der Waals surface area (Å²) in [6, 6.07) is 9.33. The van der Waals surface area contributed by atoms with Gasteiger partial charge in [-0.3, -0.25) is 0 Å². The fraction of sp³-hybridized carbons (Fsp3) is 0.200. The summed E-state index contributed by atoms with van der Waals surface area (Å²) in [5.41, 5.74) is 7.81. The highest BCUT2D eigenvalue weighted by molar-refractivity contribution is 5.97. The van der Waals surface area contributed by atoms with Crippen molar-refractivity contribution in [1.82, 2.24) is 4.98 Å². The summed E-state index contributed by atoms with van der Waals surface area (Å²) in [4.78, 5) is 4.13. The summed E-state index contributed by atoms with van der Waals surface area (Å²) in [7, 11) is 1.62. The Bertz CT molecular complexity index is 639. The van der Waals surface area contributed by atoms with Crippen LogP contribution < -0.4 is 15.2 Å². The molecule has 0 aliphatic carbocycles. The quantitative estimate of drug-likeness (QED) is 0.380. The first-order chi connectivity index (χ1) is 10.1. The van der Waals surface area contributed by atoms with E-state index in [0.29, 0.717) is 18.1 Å². The first-order valence-electron chi connectivity index (χ1n) is 6.34. The van der Waals surface area contributed by atoms with Crippen molar-refractivity contribution in [1.29, 1.82) is 0 Å². The Morgan fingerprint density at radius 3 is 2.67 bits per heavy atom. The molecule has 0 amide bonds. The number of pyridine rings is 1. The summed E-state index contributed by atoms with van der Waals surface area (Å²) in [6.07, 6.45) is 1.63. The van der Waals surface area contributed by atoms with Crippen molar-refractivity contribution < 1.29 is 14.7 Å². The molecule has 0 spiro atoms. The van der Waals surface area contributed by atoms with E-state index in [1.807, 2.05) is 31.2 Å². The van der Waals surface area contributed by atoms with E-state index in [1.54, 1.807) is 19.4 Å². The molecule has 0 radical (unpaired) electrons. The van der Waals surface area contributed by atoms with Crippen LogP contribution in [0.1, 0.15) is 16.8 Å². The summed E-state index contributed by atoms with van der Waals surface area (Å²) in [5, 5.41) is 11.7. The van der Waals surface area contributed by atoms with Crippen LogP contribution in [-0.2, 0) is 6.61 Å². The number of amidine groups is 1. The Morgan fingerprint density at radius 2 is 2.05 bits per heavy atom. The van der Waals surface area contributed by atoms with Gasteiger partial charge in [-0.1, -0.05) is 17.3 Å². The molecule has 1 aromatic heterocycles. The molecule has 0 saturated carbocycles. The van der Waals surface area contributed by atoms with Gasteiger partial charge in [0.05, 0.1) is 7.11 Å². The van der Waals surface area contributed by atoms with E-state index in [-0.39, 0.29) is 5.84 Å². The summed E-state index contributed by atoms with van der Waals surface area (Å²) < 4.78 is 10.8. The standard InChI is InChI=1S/C15H17N3O3/c1-10-7-13(14(17-8-10)15(16)18-19)21-9-11-3-5-12(20-2)6-4-11/h3-8,19H,9H2,1-2H3,(H2,16,18). The highest BCUT2D eigenvalue weighted by atomic mass is 16.5. The Balaban J connectivity index is 2.16. The lowest BCUT2D eigenvalue weighted by atomic mass is 10.2. The average Bonchev–Trinajstić information content (AvgIpc) is 2.52. The zero-order valence-corrected chi connectivity index (χ0v) is 11.9. The van der Waals surface area contributed by atoms with Gasteiger partial charge in [0.2, 0.25) is 0 Å². The highest BCUT2D eigenvalue weighted by Crippen LogP contribution is 2.20. The number of oxime groups is 1. The van der Waals surface area contributed by atoms with Gasteiger partial charge in [0.1, 0.15) is 18.1 Å². The van der Waals surface area contributed by atoms with E-state index in [1.165, 1.54) is 0 Å². The molecule has 110 valence electrons. The molecule has 0 saturated heterocycles. The number of rotatable bonds is 5. The van der Waals surface area contributed by atoms with Crippen LogP contribution in [-0.4, -0.2) is 23.1 Å². The van der Waals surface area contributed by atoms with Crippen molar-refractivity contribution >= 4 is 5.84 Å². The molecule has 21 heavy (non-hydrogen) atoms. The van der Waals surface area contributed by atoms with Gasteiger partial charge < -0.3 is 20.4 Å². The molecule has 0 unspecified atom stereocenters. The van der Waals surface area contributed by atoms with Crippen molar-refractivity contribution in [2.24, 2.45) is 10.9 Å². The Hall–Kier alpha value is -2.76. The number of hydrogen-bond acceptors (Lipinski definition) is 5. The van der Waals surface area contributed by atoms with Crippen molar-refractivity contribution in [3.05, 3.63) is 53.3 Å². The molecule has 3 N–H and O–H groups in total. The number of hydrogen-bond donors (Lipinski definition) is 2. The first-order valence-corrected chi connectivity index (χ1v) is 6.34. The molecule has 1 heterocycles. The zero-order chi connectivity index (χ0) is 15.2. The molecule has 2 aromatic rings. The van der Waals surface area contributed by atoms with E-state index in [0.717, 1.165) is 16.9 Å². The van der Waals surface area contributed by atoms with E-state index in [2.05, 4.69) is 10.1 Å². The highest BCUT2D eigenvalue weighted by Gasteiger charge is 2.11. The predicted octanol–water partition coefficient (Wildman–Crippen LogP) is 2.07. The smallest absolute Gasteiger partial charge is 0.192 e. The molecule has 0 atom stereocenters. The lowest BCUT2D eigenvalue weighted by Gasteiger charge is -2.11. The summed E-state index contributed by atoms with van der Waals surface area (Å²) >= 11 is 0. The predicted molar refractivity (Wildman–Crippen MR) is 78.8 cm³/mol. The fourth-order valence-corrected chi connectivity index (χ4v) is 1.77. The third kappa shape index (κ3) is 3.62. The third-order valence-electron chi connectivity index (χ3n) is 2.89. The van der Waals surface area contributed by atoms with Crippen LogP contribution in [0.25, 0.3) is 0 Å². The van der Waals surface area contributed by atoms with Crippen LogP contribution in [0.15, 0.2) is 41.7 Å². The topological polar surface area (TPSA) is 90.0 Å². The van der Waals surface area contributed by atoms with Crippen LogP contribution in [0.3, 0.4) is 0 Å². The monoisotopic (exact) mass is 287 g/mol. The fourth-order valence-electron chi connectivity index (χ4n) is 1.77. The lowest BCUT2D eigenvalue weighted by molar-refractivity contribution is 0.301. The molecular weight excluding hydrogens is 270 g/mol. The molecule has 1 aromatic carbocycles. The Morgan fingerprint density at radius 1 is 1.33 bits per heavy atom. The average molecular weight is 287 g/mol. The van der Waals surface area contributed by atoms with Gasteiger partial charge >= 0.3 is 0 Å². The summed E-state index contributed by atoms with van der Waals surface area (Å²) in [6.45, 7) is 2.24. The van der Waals surface area contributed by atoms with Crippen molar-refractivity contribution in [3.63, 3.8) is 0 Å². The second kappa shape index (κ2) is 6.60. The zero-order valence-electron chi connectivity index (χ0n) is 11.9. The van der Waals surface area contributed by atoms with Crippen LogP contribution in [0.4, 0.5) is 0 Å². The molecule has 6 nitrogen and oxygen atoms in total. The van der Waals surface area contributed by atoms with Crippen LogP contribution >= 0.6 is 0 Å². The second-order valence-corrected chi connectivity index (χ2v) is 4.48. The van der Waals surface area contributed by atoms with Crippen molar-refractivity contribution in [2.45, 2.75) is 13.5 Å². The normalized spacial score (nSPS) is 11.2. The second-order valence-electron chi connectivity index (χ2n) is 4.48. The van der Waals surface area contributed by atoms with Gasteiger partial charge in [0.25, 0.3) is 0 Å². The van der Waals surface area contributed by atoms with Crippen molar-refractivity contribution in [2.75, 3.05) is 7.11 Å². The van der Waals surface area contributed by atoms with Gasteiger partial charge in [0.15, 0.2) is 11.5 Å². The molecule has 0 aliphatic rings. The van der Waals surface area contributed by atoms with E-state index >= 15 is 0 Å². The minimum atomic E-state index is -0.0836. The summed E-state index contributed by atoms with van der Waals surface area (Å²) in [5.74, 6) is 1.18. The molecule has 6 heteroatoms. The molecule has 0 fully saturated rings. The van der Waals surface area contributed by atoms with Crippen molar-refractivity contribution in [3.8, 4) is 11.5 Å². The Labute approximate surface area is 122 Å². The largest absolute Gasteiger partial charge is 0.497 e. The van der Waals surface area contributed by atoms with E-state index in [9.17, 15) is 0 Å². The lowest BCUT2D eigenvalue weighted by Crippen LogP contribution is -2.17. The Kier molecular flexibility index (Phi) is 4.61. The third-order valence-corrected chi connectivity index (χ3v) is 2.89. The number of aromatic nitrogens is 1. The van der Waals surface area contributed by atoms with Gasteiger partial charge in [-0.05, 0) is 36.2 Å². The number of nitrogens with two attached hydrogens (primary N) is 1. The maximum absolute atomic E-state index is 8.78. The van der Waals surface area contributed by atoms with Gasteiger partial charge in [-0.2, -0.15) is 0 Å². The van der Waals surface area contributed by atoms with Gasteiger partial charge in [-0.25, -0.2) is 4.98 Å². The molecule has 2 rings (SSSR count). The number of aryl methyl sites for hydroxylation is 1. The maximum atomic E-state index is 8.78. The maximum Gasteiger partial charge on any atom is 0.192 e. The number of nitrogens with zero attached hydrogens (tertiary/aromatic N) is 2. The van der Waals surface area contributed by atoms with Crippen LogP contribution in [0.5, 0.6) is 11.5 Å². The van der Waals surface area contributed by atoms with E-state index < -0.39 is 0 Å².